The highest BCUT2D eigenvalue weighted by atomic mass is 16.3. The van der Waals surface area contributed by atoms with Gasteiger partial charge in [-0.15, -0.1) is 0 Å². The molecule has 0 saturated carbocycles. The Kier molecular flexibility index (Phi) is 4.54. The first-order valence-corrected chi connectivity index (χ1v) is 8.96. The molecule has 2 aromatic heterocycles. The van der Waals surface area contributed by atoms with E-state index in [0.29, 0.717) is 18.7 Å². The van der Waals surface area contributed by atoms with Crippen LogP contribution in [0.3, 0.4) is 0 Å². The monoisotopic (exact) mass is 341 g/mol. The van der Waals surface area contributed by atoms with Gasteiger partial charge in [0.15, 0.2) is 0 Å². The molecule has 0 aliphatic carbocycles. The van der Waals surface area contributed by atoms with Crippen LogP contribution < -0.4 is 9.80 Å². The van der Waals surface area contributed by atoms with Crippen molar-refractivity contribution in [3.63, 3.8) is 0 Å². The predicted octanol–water partition coefficient (Wildman–Crippen LogP) is 2.02. The van der Waals surface area contributed by atoms with Crippen LogP contribution in [0.2, 0.25) is 0 Å². The zero-order valence-electron chi connectivity index (χ0n) is 14.3. The Morgan fingerprint density at radius 3 is 2.48 bits per heavy atom. The molecule has 0 spiro atoms. The molecule has 7 heteroatoms. The number of hydrogen-bond acceptors (Lipinski definition) is 6. The van der Waals surface area contributed by atoms with Gasteiger partial charge in [-0.25, -0.2) is 4.98 Å². The molecule has 1 amide bonds. The lowest BCUT2D eigenvalue weighted by Crippen LogP contribution is -2.49. The SMILES string of the molecule is O=C(c1ccoc1)N1CCN(c2ccnc(N3CCCCC3)n2)CC1. The number of carbonyl (C=O) groups is 1. The van der Waals surface area contributed by atoms with Crippen molar-refractivity contribution in [2.75, 3.05) is 49.1 Å². The molecule has 4 heterocycles. The van der Waals surface area contributed by atoms with Crippen LogP contribution in [0.1, 0.15) is 29.6 Å². The molecule has 2 saturated heterocycles. The third-order valence-corrected chi connectivity index (χ3v) is 4.93. The standard InChI is InChI=1S/C18H23N5O2/c24-17(15-5-13-25-14-15)22-11-9-21(10-12-22)16-4-6-19-18(20-16)23-7-2-1-3-8-23/h4-6,13-14H,1-3,7-12H2. The number of anilines is 2. The van der Waals surface area contributed by atoms with Gasteiger partial charge >= 0.3 is 0 Å². The third kappa shape index (κ3) is 3.45. The highest BCUT2D eigenvalue weighted by molar-refractivity contribution is 5.94. The van der Waals surface area contributed by atoms with Crippen LogP contribution in [0.15, 0.2) is 35.3 Å². The summed E-state index contributed by atoms with van der Waals surface area (Å²) in [5.74, 6) is 1.81. The highest BCUT2D eigenvalue weighted by Crippen LogP contribution is 2.20. The summed E-state index contributed by atoms with van der Waals surface area (Å²) in [4.78, 5) is 28.0. The second kappa shape index (κ2) is 7.13. The molecule has 0 N–H and O–H groups in total. The minimum absolute atomic E-state index is 0.0325. The van der Waals surface area contributed by atoms with Crippen LogP contribution in [0, 0.1) is 0 Å². The fraction of sp³-hybridized carbons (Fsp3) is 0.500. The van der Waals surface area contributed by atoms with Crippen molar-refractivity contribution >= 4 is 17.7 Å². The van der Waals surface area contributed by atoms with Crippen LogP contribution in [0.4, 0.5) is 11.8 Å². The molecule has 2 aliphatic heterocycles. The zero-order chi connectivity index (χ0) is 17.1. The Hall–Kier alpha value is -2.57. The Bertz CT molecular complexity index is 704. The summed E-state index contributed by atoms with van der Waals surface area (Å²) in [7, 11) is 0. The van der Waals surface area contributed by atoms with Crippen LogP contribution >= 0.6 is 0 Å². The number of furan rings is 1. The summed E-state index contributed by atoms with van der Waals surface area (Å²) in [5, 5.41) is 0. The molecule has 132 valence electrons. The summed E-state index contributed by atoms with van der Waals surface area (Å²) < 4.78 is 5.01. The van der Waals surface area contributed by atoms with Crippen molar-refractivity contribution < 1.29 is 9.21 Å². The molecular weight excluding hydrogens is 318 g/mol. The van der Waals surface area contributed by atoms with E-state index in [0.717, 1.165) is 37.9 Å². The van der Waals surface area contributed by atoms with Crippen LogP contribution in [0.5, 0.6) is 0 Å². The molecule has 4 rings (SSSR count). The van der Waals surface area contributed by atoms with Crippen molar-refractivity contribution in [2.24, 2.45) is 0 Å². The molecular formula is C18H23N5O2. The van der Waals surface area contributed by atoms with Crippen molar-refractivity contribution in [3.8, 4) is 0 Å². The fourth-order valence-electron chi connectivity index (χ4n) is 3.47. The lowest BCUT2D eigenvalue weighted by molar-refractivity contribution is 0.0746. The van der Waals surface area contributed by atoms with Gasteiger partial charge in [0.05, 0.1) is 11.8 Å². The van der Waals surface area contributed by atoms with Crippen LogP contribution in [-0.2, 0) is 0 Å². The van der Waals surface area contributed by atoms with Gasteiger partial charge < -0.3 is 19.1 Å². The maximum atomic E-state index is 12.4. The quantitative estimate of drug-likeness (QED) is 0.851. The zero-order valence-corrected chi connectivity index (χ0v) is 14.3. The molecule has 0 aromatic carbocycles. The van der Waals surface area contributed by atoms with Gasteiger partial charge in [-0.3, -0.25) is 4.79 Å². The lowest BCUT2D eigenvalue weighted by atomic mass is 10.1. The van der Waals surface area contributed by atoms with E-state index in [-0.39, 0.29) is 5.91 Å². The van der Waals surface area contributed by atoms with E-state index < -0.39 is 0 Å². The molecule has 2 aromatic rings. The molecule has 25 heavy (non-hydrogen) atoms. The number of hydrogen-bond donors (Lipinski definition) is 0. The van der Waals surface area contributed by atoms with Gasteiger partial charge in [-0.05, 0) is 31.4 Å². The van der Waals surface area contributed by atoms with E-state index in [9.17, 15) is 4.79 Å². The number of piperidine rings is 1. The van der Waals surface area contributed by atoms with Crippen molar-refractivity contribution in [1.29, 1.82) is 0 Å². The van der Waals surface area contributed by atoms with Gasteiger partial charge in [0, 0.05) is 45.5 Å². The first-order valence-electron chi connectivity index (χ1n) is 8.96. The van der Waals surface area contributed by atoms with Gasteiger partial charge in [-0.1, -0.05) is 0 Å². The summed E-state index contributed by atoms with van der Waals surface area (Å²) in [5.41, 5.74) is 0.614. The first-order chi connectivity index (χ1) is 12.3. The third-order valence-electron chi connectivity index (χ3n) is 4.93. The number of aromatic nitrogens is 2. The largest absolute Gasteiger partial charge is 0.472 e. The van der Waals surface area contributed by atoms with Crippen molar-refractivity contribution in [3.05, 3.63) is 36.4 Å². The number of rotatable bonds is 3. The number of amides is 1. The smallest absolute Gasteiger partial charge is 0.257 e. The average Bonchev–Trinajstić information content (AvgIpc) is 3.23. The van der Waals surface area contributed by atoms with Crippen molar-refractivity contribution in [1.82, 2.24) is 14.9 Å². The molecule has 0 bridgehead atoms. The normalized spacial score (nSPS) is 18.5. The number of carbonyl (C=O) groups excluding carboxylic acids is 1. The lowest BCUT2D eigenvalue weighted by Gasteiger charge is -2.35. The van der Waals surface area contributed by atoms with E-state index in [1.807, 2.05) is 17.2 Å². The highest BCUT2D eigenvalue weighted by Gasteiger charge is 2.24. The average molecular weight is 341 g/mol. The molecule has 0 atom stereocenters. The topological polar surface area (TPSA) is 65.7 Å². The summed E-state index contributed by atoms with van der Waals surface area (Å²) in [6, 6.07) is 3.67. The van der Waals surface area contributed by atoms with E-state index in [2.05, 4.69) is 14.8 Å². The van der Waals surface area contributed by atoms with Gasteiger partial charge in [-0.2, -0.15) is 4.98 Å². The molecule has 0 radical (unpaired) electrons. The van der Waals surface area contributed by atoms with Gasteiger partial charge in [0.2, 0.25) is 5.95 Å². The van der Waals surface area contributed by atoms with Crippen LogP contribution in [0.25, 0.3) is 0 Å². The Morgan fingerprint density at radius 2 is 1.76 bits per heavy atom. The predicted molar refractivity (Wildman–Crippen MR) is 94.9 cm³/mol. The minimum atomic E-state index is 0.0325. The number of nitrogens with zero attached hydrogens (tertiary/aromatic N) is 5. The Labute approximate surface area is 147 Å². The Morgan fingerprint density at radius 1 is 0.960 bits per heavy atom. The summed E-state index contributed by atoms with van der Waals surface area (Å²) in [6.45, 7) is 5.01. The molecule has 7 nitrogen and oxygen atoms in total. The maximum absolute atomic E-state index is 12.4. The molecule has 2 aliphatic rings. The van der Waals surface area contributed by atoms with Gasteiger partial charge in [0.25, 0.3) is 5.91 Å². The van der Waals surface area contributed by atoms with Crippen LogP contribution in [-0.4, -0.2) is 60.0 Å². The summed E-state index contributed by atoms with van der Waals surface area (Å²) in [6.07, 6.45) is 8.60. The molecule has 2 fully saturated rings. The Balaban J connectivity index is 1.40. The van der Waals surface area contributed by atoms with Crippen molar-refractivity contribution in [2.45, 2.75) is 19.3 Å². The molecule has 0 unspecified atom stereocenters. The minimum Gasteiger partial charge on any atom is -0.472 e. The second-order valence-electron chi connectivity index (χ2n) is 6.55. The maximum Gasteiger partial charge on any atom is 0.257 e. The first kappa shape index (κ1) is 15.9. The van der Waals surface area contributed by atoms with E-state index in [1.165, 1.54) is 31.8 Å². The summed E-state index contributed by atoms with van der Waals surface area (Å²) >= 11 is 0. The van der Waals surface area contributed by atoms with E-state index >= 15 is 0 Å². The number of piperazine rings is 1. The second-order valence-corrected chi connectivity index (χ2v) is 6.55. The van der Waals surface area contributed by atoms with E-state index in [1.54, 1.807) is 6.07 Å². The fourth-order valence-corrected chi connectivity index (χ4v) is 3.47. The van der Waals surface area contributed by atoms with E-state index in [4.69, 9.17) is 9.40 Å². The van der Waals surface area contributed by atoms with Gasteiger partial charge in [0.1, 0.15) is 12.1 Å².